The van der Waals surface area contributed by atoms with Crippen molar-refractivity contribution in [3.63, 3.8) is 0 Å². The maximum atomic E-state index is 12.2. The summed E-state index contributed by atoms with van der Waals surface area (Å²) in [5.74, 6) is 1.68. The monoisotopic (exact) mass is 333 g/mol. The van der Waals surface area contributed by atoms with Crippen LogP contribution in [0.2, 0.25) is 0 Å². The average Bonchev–Trinajstić information content (AvgIpc) is 3.10. The van der Waals surface area contributed by atoms with E-state index in [1.165, 1.54) is 5.56 Å². The molecule has 3 rings (SSSR count). The highest BCUT2D eigenvalue weighted by molar-refractivity contribution is 5.91. The molecule has 0 saturated carbocycles. The van der Waals surface area contributed by atoms with E-state index in [2.05, 4.69) is 31.3 Å². The molecule has 128 valence electrons. The van der Waals surface area contributed by atoms with Crippen LogP contribution in [0.15, 0.2) is 65.1 Å². The van der Waals surface area contributed by atoms with Crippen LogP contribution in [0.3, 0.4) is 0 Å². The first kappa shape index (κ1) is 17.0. The molecule has 1 N–H and O–H groups in total. The van der Waals surface area contributed by atoms with Gasteiger partial charge in [-0.15, -0.1) is 0 Å². The van der Waals surface area contributed by atoms with E-state index in [0.29, 0.717) is 12.8 Å². The summed E-state index contributed by atoms with van der Waals surface area (Å²) < 4.78 is 5.88. The molecule has 0 bridgehead atoms. The largest absolute Gasteiger partial charge is 0.461 e. The quantitative estimate of drug-likeness (QED) is 0.657. The molecule has 0 atom stereocenters. The zero-order valence-corrected chi connectivity index (χ0v) is 14.7. The molecule has 0 saturated heterocycles. The van der Waals surface area contributed by atoms with Gasteiger partial charge in [-0.2, -0.15) is 0 Å². The van der Waals surface area contributed by atoms with Crippen LogP contribution < -0.4 is 5.32 Å². The van der Waals surface area contributed by atoms with Gasteiger partial charge in [0, 0.05) is 24.1 Å². The molecule has 1 aromatic heterocycles. The molecule has 25 heavy (non-hydrogen) atoms. The Hall–Kier alpha value is -2.81. The SMILES string of the molecule is CCc1ccccc1NC(=O)CCc1ccc(-c2ccc(C)cc2)o1. The highest BCUT2D eigenvalue weighted by Gasteiger charge is 2.09. The predicted molar refractivity (Wildman–Crippen MR) is 102 cm³/mol. The summed E-state index contributed by atoms with van der Waals surface area (Å²) in [7, 11) is 0. The average molecular weight is 333 g/mol. The van der Waals surface area contributed by atoms with E-state index in [0.717, 1.165) is 34.8 Å². The van der Waals surface area contributed by atoms with Crippen LogP contribution in [0.25, 0.3) is 11.3 Å². The normalized spacial score (nSPS) is 10.6. The number of carbonyl (C=O) groups is 1. The lowest BCUT2D eigenvalue weighted by Crippen LogP contribution is -2.13. The molecule has 3 nitrogen and oxygen atoms in total. The van der Waals surface area contributed by atoms with Gasteiger partial charge in [0.15, 0.2) is 0 Å². The van der Waals surface area contributed by atoms with E-state index >= 15 is 0 Å². The fraction of sp³-hybridized carbons (Fsp3) is 0.227. The number of hydrogen-bond donors (Lipinski definition) is 1. The molecule has 3 heteroatoms. The van der Waals surface area contributed by atoms with E-state index in [-0.39, 0.29) is 5.91 Å². The summed E-state index contributed by atoms with van der Waals surface area (Å²) in [6.45, 7) is 4.15. The van der Waals surface area contributed by atoms with Gasteiger partial charge >= 0.3 is 0 Å². The van der Waals surface area contributed by atoms with Gasteiger partial charge < -0.3 is 9.73 Å². The highest BCUT2D eigenvalue weighted by Crippen LogP contribution is 2.23. The maximum Gasteiger partial charge on any atom is 0.224 e. The predicted octanol–water partition coefficient (Wildman–Crippen LogP) is 5.39. The van der Waals surface area contributed by atoms with Crippen LogP contribution in [0.4, 0.5) is 5.69 Å². The molecule has 0 radical (unpaired) electrons. The molecule has 3 aromatic rings. The smallest absolute Gasteiger partial charge is 0.224 e. The number of para-hydroxylation sites is 1. The molecule has 1 amide bonds. The summed E-state index contributed by atoms with van der Waals surface area (Å²) in [5.41, 5.74) is 4.32. The van der Waals surface area contributed by atoms with Crippen LogP contribution in [-0.4, -0.2) is 5.91 Å². The van der Waals surface area contributed by atoms with Gasteiger partial charge in [-0.05, 0) is 37.1 Å². The van der Waals surface area contributed by atoms with Gasteiger partial charge in [0.1, 0.15) is 11.5 Å². The van der Waals surface area contributed by atoms with Crippen molar-refractivity contribution >= 4 is 11.6 Å². The summed E-state index contributed by atoms with van der Waals surface area (Å²) in [5, 5.41) is 3.00. The molecule has 0 aliphatic carbocycles. The van der Waals surface area contributed by atoms with E-state index in [9.17, 15) is 4.79 Å². The van der Waals surface area contributed by atoms with Crippen molar-refractivity contribution in [3.8, 4) is 11.3 Å². The van der Waals surface area contributed by atoms with Crippen LogP contribution in [0.5, 0.6) is 0 Å². The van der Waals surface area contributed by atoms with E-state index in [4.69, 9.17) is 4.42 Å². The first-order chi connectivity index (χ1) is 12.2. The van der Waals surface area contributed by atoms with E-state index in [1.807, 2.05) is 48.5 Å². The first-order valence-electron chi connectivity index (χ1n) is 8.69. The van der Waals surface area contributed by atoms with Crippen LogP contribution in [0, 0.1) is 6.92 Å². The number of anilines is 1. The van der Waals surface area contributed by atoms with Gasteiger partial charge in [0.25, 0.3) is 0 Å². The maximum absolute atomic E-state index is 12.2. The molecular formula is C22H23NO2. The molecule has 0 fully saturated rings. The third-order valence-corrected chi connectivity index (χ3v) is 4.27. The van der Waals surface area contributed by atoms with Gasteiger partial charge in [0.05, 0.1) is 0 Å². The Bertz CT molecular complexity index is 846. The minimum Gasteiger partial charge on any atom is -0.461 e. The number of rotatable bonds is 6. The second-order valence-corrected chi connectivity index (χ2v) is 6.19. The first-order valence-corrected chi connectivity index (χ1v) is 8.69. The fourth-order valence-corrected chi connectivity index (χ4v) is 2.79. The van der Waals surface area contributed by atoms with Crippen molar-refractivity contribution in [1.82, 2.24) is 0 Å². The summed E-state index contributed by atoms with van der Waals surface area (Å²) in [6.07, 6.45) is 1.89. The topological polar surface area (TPSA) is 42.2 Å². The molecule has 0 aliphatic heterocycles. The number of carbonyl (C=O) groups excluding carboxylic acids is 1. The number of amides is 1. The molecule has 0 aliphatic rings. The summed E-state index contributed by atoms with van der Waals surface area (Å²) in [4.78, 5) is 12.2. The third kappa shape index (κ3) is 4.38. The second-order valence-electron chi connectivity index (χ2n) is 6.19. The zero-order valence-electron chi connectivity index (χ0n) is 14.7. The molecule has 0 spiro atoms. The number of hydrogen-bond acceptors (Lipinski definition) is 2. The van der Waals surface area contributed by atoms with Crippen molar-refractivity contribution in [2.75, 3.05) is 5.32 Å². The Balaban J connectivity index is 1.58. The minimum absolute atomic E-state index is 0.00851. The van der Waals surface area contributed by atoms with E-state index in [1.54, 1.807) is 0 Å². The number of furan rings is 1. The lowest BCUT2D eigenvalue weighted by atomic mass is 10.1. The van der Waals surface area contributed by atoms with Gasteiger partial charge in [-0.25, -0.2) is 0 Å². The number of nitrogens with one attached hydrogen (secondary N) is 1. The Kier molecular flexibility index (Phi) is 5.34. The van der Waals surface area contributed by atoms with Crippen LogP contribution in [-0.2, 0) is 17.6 Å². The lowest BCUT2D eigenvalue weighted by Gasteiger charge is -2.09. The van der Waals surface area contributed by atoms with Gasteiger partial charge in [-0.3, -0.25) is 4.79 Å². The third-order valence-electron chi connectivity index (χ3n) is 4.27. The Morgan fingerprint density at radius 1 is 1.00 bits per heavy atom. The van der Waals surface area contributed by atoms with Crippen molar-refractivity contribution < 1.29 is 9.21 Å². The van der Waals surface area contributed by atoms with Crippen molar-refractivity contribution in [3.05, 3.63) is 77.6 Å². The zero-order chi connectivity index (χ0) is 17.6. The Labute approximate surface area is 148 Å². The lowest BCUT2D eigenvalue weighted by molar-refractivity contribution is -0.116. The highest BCUT2D eigenvalue weighted by atomic mass is 16.3. The Morgan fingerprint density at radius 2 is 1.76 bits per heavy atom. The summed E-state index contributed by atoms with van der Waals surface area (Å²) >= 11 is 0. The molecular weight excluding hydrogens is 310 g/mol. The van der Waals surface area contributed by atoms with Gasteiger partial charge in [0.2, 0.25) is 5.91 Å². The van der Waals surface area contributed by atoms with Crippen molar-refractivity contribution in [1.29, 1.82) is 0 Å². The van der Waals surface area contributed by atoms with Crippen LogP contribution in [0.1, 0.15) is 30.2 Å². The van der Waals surface area contributed by atoms with Crippen LogP contribution >= 0.6 is 0 Å². The second kappa shape index (κ2) is 7.84. The number of benzene rings is 2. The Morgan fingerprint density at radius 3 is 2.52 bits per heavy atom. The summed E-state index contributed by atoms with van der Waals surface area (Å²) in [6, 6.07) is 20.0. The van der Waals surface area contributed by atoms with Gasteiger partial charge in [-0.1, -0.05) is 55.0 Å². The van der Waals surface area contributed by atoms with Crippen molar-refractivity contribution in [2.45, 2.75) is 33.1 Å². The molecule has 2 aromatic carbocycles. The molecule has 1 heterocycles. The fourth-order valence-electron chi connectivity index (χ4n) is 2.79. The number of aryl methyl sites for hydroxylation is 3. The minimum atomic E-state index is 0.00851. The van der Waals surface area contributed by atoms with Crippen molar-refractivity contribution in [2.24, 2.45) is 0 Å². The standard InChI is InChI=1S/C22H23NO2/c1-3-17-6-4-5-7-20(17)23-22(24)15-13-19-12-14-21(25-19)18-10-8-16(2)9-11-18/h4-12,14H,3,13,15H2,1-2H3,(H,23,24). The molecule has 0 unspecified atom stereocenters. The van der Waals surface area contributed by atoms with E-state index < -0.39 is 0 Å².